The molecule has 0 aliphatic carbocycles. The van der Waals surface area contributed by atoms with Gasteiger partial charge in [0.2, 0.25) is 0 Å². The first kappa shape index (κ1) is 27.0. The summed E-state index contributed by atoms with van der Waals surface area (Å²) in [5.41, 5.74) is 4.85. The minimum atomic E-state index is -0.0760. The molecule has 1 aliphatic rings. The van der Waals surface area contributed by atoms with E-state index in [0.717, 1.165) is 5.75 Å². The topological polar surface area (TPSA) is 27.7 Å². The van der Waals surface area contributed by atoms with Crippen LogP contribution in [0.5, 0.6) is 0 Å². The van der Waals surface area contributed by atoms with Crippen LogP contribution >= 0.6 is 23.5 Å². The van der Waals surface area contributed by atoms with Crippen molar-refractivity contribution in [2.24, 2.45) is 0 Å². The SMILES string of the molecule is c1ccc(COC[C@H]2S[C@@H](SCc3ccccc3)C(OCc3ccccc3)[C@H]2OCc2ccccc2)cc1. The van der Waals surface area contributed by atoms with E-state index in [1.165, 1.54) is 22.3 Å². The van der Waals surface area contributed by atoms with Crippen LogP contribution in [0.15, 0.2) is 121 Å². The summed E-state index contributed by atoms with van der Waals surface area (Å²) in [6.45, 7) is 2.34. The number of ether oxygens (including phenoxy) is 3. The molecule has 0 bridgehead atoms. The monoisotopic (exact) mass is 542 g/mol. The molecule has 38 heavy (non-hydrogen) atoms. The van der Waals surface area contributed by atoms with Gasteiger partial charge in [-0.1, -0.05) is 121 Å². The lowest BCUT2D eigenvalue weighted by atomic mass is 10.1. The summed E-state index contributed by atoms with van der Waals surface area (Å²) in [6.07, 6.45) is -0.129. The van der Waals surface area contributed by atoms with Gasteiger partial charge in [0, 0.05) is 5.75 Å². The van der Waals surface area contributed by atoms with Gasteiger partial charge in [-0.05, 0) is 22.3 Å². The maximum atomic E-state index is 6.66. The number of rotatable bonds is 13. The predicted octanol–water partition coefficient (Wildman–Crippen LogP) is 7.75. The molecule has 1 aliphatic heterocycles. The van der Waals surface area contributed by atoms with Crippen molar-refractivity contribution in [3.05, 3.63) is 144 Å². The molecule has 5 heteroatoms. The third-order valence-corrected chi connectivity index (χ3v) is 9.62. The molecule has 1 fully saturated rings. The van der Waals surface area contributed by atoms with E-state index in [2.05, 4.69) is 103 Å². The summed E-state index contributed by atoms with van der Waals surface area (Å²) in [4.78, 5) is 0. The highest BCUT2D eigenvalue weighted by Crippen LogP contribution is 2.45. The van der Waals surface area contributed by atoms with Gasteiger partial charge in [0.25, 0.3) is 0 Å². The summed E-state index contributed by atoms with van der Waals surface area (Å²) in [6, 6.07) is 41.8. The molecule has 4 atom stereocenters. The molecule has 1 heterocycles. The predicted molar refractivity (Wildman–Crippen MR) is 159 cm³/mol. The number of benzene rings is 4. The van der Waals surface area contributed by atoms with Crippen LogP contribution in [0.2, 0.25) is 0 Å². The van der Waals surface area contributed by atoms with Gasteiger partial charge in [-0.15, -0.1) is 23.5 Å². The zero-order chi connectivity index (χ0) is 25.8. The van der Waals surface area contributed by atoms with E-state index < -0.39 is 0 Å². The van der Waals surface area contributed by atoms with Gasteiger partial charge < -0.3 is 14.2 Å². The number of thioether (sulfide) groups is 2. The first-order valence-corrected chi connectivity index (χ1v) is 15.1. The quantitative estimate of drug-likeness (QED) is 0.172. The summed E-state index contributed by atoms with van der Waals surface area (Å²) in [7, 11) is 0. The molecule has 1 saturated heterocycles. The molecule has 0 amide bonds. The van der Waals surface area contributed by atoms with Crippen molar-refractivity contribution in [1.82, 2.24) is 0 Å². The molecular weight excluding hydrogens is 508 g/mol. The molecule has 0 N–H and O–H groups in total. The normalized spacial score (nSPS) is 20.9. The van der Waals surface area contributed by atoms with Crippen LogP contribution in [0, 0.1) is 0 Å². The van der Waals surface area contributed by atoms with Crippen molar-refractivity contribution in [3.8, 4) is 0 Å². The highest BCUT2D eigenvalue weighted by atomic mass is 32.2. The fourth-order valence-electron chi connectivity index (χ4n) is 4.49. The lowest BCUT2D eigenvalue weighted by Gasteiger charge is -2.26. The molecule has 196 valence electrons. The van der Waals surface area contributed by atoms with Crippen LogP contribution in [0.1, 0.15) is 22.3 Å². The minimum Gasteiger partial charge on any atom is -0.376 e. The van der Waals surface area contributed by atoms with Crippen molar-refractivity contribution < 1.29 is 14.2 Å². The van der Waals surface area contributed by atoms with Gasteiger partial charge in [0.05, 0.1) is 36.3 Å². The standard InChI is InChI=1S/C33H34O3S2/c1-5-13-26(14-6-1)21-34-24-30-31(35-22-27-15-7-2-8-16-27)32(36-23-28-17-9-3-10-18-28)33(38-30)37-25-29-19-11-4-12-20-29/h1-20,30-33H,21-25H2/t30-,31+,32?,33-/m1/s1. The molecular formula is C33H34O3S2. The van der Waals surface area contributed by atoms with Gasteiger partial charge in [-0.3, -0.25) is 0 Å². The average Bonchev–Trinajstić information content (AvgIpc) is 3.32. The molecule has 0 spiro atoms. The van der Waals surface area contributed by atoms with E-state index in [1.54, 1.807) is 0 Å². The van der Waals surface area contributed by atoms with E-state index in [9.17, 15) is 0 Å². The Bertz CT molecular complexity index is 1190. The van der Waals surface area contributed by atoms with Crippen LogP contribution in [0.4, 0.5) is 0 Å². The smallest absolute Gasteiger partial charge is 0.106 e. The highest BCUT2D eigenvalue weighted by Gasteiger charge is 2.46. The van der Waals surface area contributed by atoms with Gasteiger partial charge in [-0.2, -0.15) is 0 Å². The Morgan fingerprint density at radius 1 is 0.526 bits per heavy atom. The Hall–Kier alpha value is -2.54. The van der Waals surface area contributed by atoms with Crippen molar-refractivity contribution >= 4 is 23.5 Å². The average molecular weight is 543 g/mol. The first-order chi connectivity index (χ1) is 18.8. The zero-order valence-electron chi connectivity index (χ0n) is 21.4. The van der Waals surface area contributed by atoms with Gasteiger partial charge in [-0.25, -0.2) is 0 Å². The first-order valence-electron chi connectivity index (χ1n) is 13.1. The van der Waals surface area contributed by atoms with Crippen LogP contribution < -0.4 is 0 Å². The molecule has 4 aromatic carbocycles. The Morgan fingerprint density at radius 2 is 0.974 bits per heavy atom. The second-order valence-electron chi connectivity index (χ2n) is 9.36. The fraction of sp³-hybridized carbons (Fsp3) is 0.273. The molecule has 0 radical (unpaired) electrons. The third-order valence-electron chi connectivity index (χ3n) is 6.49. The summed E-state index contributed by atoms with van der Waals surface area (Å²) >= 11 is 3.88. The lowest BCUT2D eigenvalue weighted by molar-refractivity contribution is -0.0793. The van der Waals surface area contributed by atoms with Gasteiger partial charge in [0.15, 0.2) is 0 Å². The minimum absolute atomic E-state index is 0.0528. The maximum Gasteiger partial charge on any atom is 0.106 e. The van der Waals surface area contributed by atoms with Gasteiger partial charge >= 0.3 is 0 Å². The van der Waals surface area contributed by atoms with Gasteiger partial charge in [0.1, 0.15) is 12.2 Å². The van der Waals surface area contributed by atoms with Crippen molar-refractivity contribution in [2.75, 3.05) is 6.61 Å². The largest absolute Gasteiger partial charge is 0.376 e. The van der Waals surface area contributed by atoms with E-state index in [0.29, 0.717) is 26.4 Å². The van der Waals surface area contributed by atoms with Crippen LogP contribution in [0.25, 0.3) is 0 Å². The van der Waals surface area contributed by atoms with Crippen LogP contribution in [-0.4, -0.2) is 28.6 Å². The Balaban J connectivity index is 1.31. The summed E-state index contributed by atoms with van der Waals surface area (Å²) < 4.78 is 19.8. The van der Waals surface area contributed by atoms with Crippen molar-refractivity contribution in [1.29, 1.82) is 0 Å². The molecule has 5 rings (SSSR count). The third kappa shape index (κ3) is 7.98. The Kier molecular flexibility index (Phi) is 10.4. The van der Waals surface area contributed by atoms with Crippen molar-refractivity contribution in [3.63, 3.8) is 0 Å². The Morgan fingerprint density at radius 3 is 1.50 bits per heavy atom. The summed E-state index contributed by atoms with van der Waals surface area (Å²) in [5.74, 6) is 0.937. The van der Waals surface area contributed by atoms with Crippen LogP contribution in [-0.2, 0) is 39.8 Å². The molecule has 0 saturated carbocycles. The Labute approximate surface area is 234 Å². The zero-order valence-corrected chi connectivity index (χ0v) is 23.1. The lowest BCUT2D eigenvalue weighted by Crippen LogP contribution is -2.38. The molecule has 3 nitrogen and oxygen atoms in total. The van der Waals surface area contributed by atoms with Crippen molar-refractivity contribution in [2.45, 2.75) is 47.6 Å². The van der Waals surface area contributed by atoms with E-state index in [1.807, 2.05) is 41.7 Å². The number of hydrogen-bond donors (Lipinski definition) is 0. The summed E-state index contributed by atoms with van der Waals surface area (Å²) in [5, 5.41) is 0.177. The number of hydrogen-bond acceptors (Lipinski definition) is 5. The van der Waals surface area contributed by atoms with E-state index >= 15 is 0 Å². The second kappa shape index (κ2) is 14.6. The van der Waals surface area contributed by atoms with Crippen LogP contribution in [0.3, 0.4) is 0 Å². The molecule has 0 aromatic heterocycles. The second-order valence-corrected chi connectivity index (χ2v) is 12.2. The van der Waals surface area contributed by atoms with E-state index in [4.69, 9.17) is 14.2 Å². The highest BCUT2D eigenvalue weighted by molar-refractivity contribution is 8.17. The maximum absolute atomic E-state index is 6.66. The molecule has 4 aromatic rings. The molecule has 1 unspecified atom stereocenters. The fourth-order valence-corrected chi connectivity index (χ4v) is 7.71. The van der Waals surface area contributed by atoms with E-state index in [-0.39, 0.29) is 22.0 Å².